The lowest BCUT2D eigenvalue weighted by Crippen LogP contribution is -2.31. The largest absolute Gasteiger partial charge is 0.351 e. The first-order valence-corrected chi connectivity index (χ1v) is 7.84. The molecule has 0 aliphatic carbocycles. The van der Waals surface area contributed by atoms with Crippen molar-refractivity contribution in [2.75, 3.05) is 32.5 Å². The van der Waals surface area contributed by atoms with E-state index in [9.17, 15) is 9.59 Å². The van der Waals surface area contributed by atoms with Crippen LogP contribution in [0.2, 0.25) is 0 Å². The molecule has 2 aromatic carbocycles. The normalized spacial score (nSPS) is 10.2. The zero-order valence-corrected chi connectivity index (χ0v) is 14.2. The first-order valence-electron chi connectivity index (χ1n) is 7.84. The molecule has 0 heterocycles. The number of hydrogen-bond acceptors (Lipinski definition) is 4. The molecule has 2 amide bonds. The van der Waals surface area contributed by atoms with Crippen LogP contribution >= 0.6 is 0 Å². The highest BCUT2D eigenvalue weighted by Crippen LogP contribution is 2.12. The molecule has 0 spiro atoms. The Kier molecular flexibility index (Phi) is 6.26. The van der Waals surface area contributed by atoms with Crippen molar-refractivity contribution in [3.05, 3.63) is 65.2 Å². The number of carbonyl (C=O) groups excluding carboxylic acids is 2. The van der Waals surface area contributed by atoms with Crippen molar-refractivity contribution in [3.8, 4) is 6.07 Å². The second-order valence-corrected chi connectivity index (χ2v) is 5.78. The van der Waals surface area contributed by atoms with Crippen LogP contribution in [0.15, 0.2) is 48.5 Å². The number of anilines is 1. The van der Waals surface area contributed by atoms with Crippen LogP contribution in [-0.4, -0.2) is 43.9 Å². The van der Waals surface area contributed by atoms with Crippen molar-refractivity contribution in [1.82, 2.24) is 10.2 Å². The van der Waals surface area contributed by atoms with Crippen molar-refractivity contribution < 1.29 is 9.59 Å². The standard InChI is InChI=1S/C19H20N4O2/c1-23(2)11-10-21-18(24)15-6-8-16(9-7-15)19(25)22-17-5-3-4-14(12-17)13-20/h3-9,12H,10-11H2,1-2H3,(H,21,24)(H,22,25). The van der Waals surface area contributed by atoms with Gasteiger partial charge in [0, 0.05) is 29.9 Å². The Hall–Kier alpha value is -3.17. The fraction of sp³-hybridized carbons (Fsp3) is 0.211. The topological polar surface area (TPSA) is 85.2 Å². The van der Waals surface area contributed by atoms with Crippen molar-refractivity contribution in [3.63, 3.8) is 0 Å². The molecular formula is C19H20N4O2. The van der Waals surface area contributed by atoms with Crippen LogP contribution in [0.25, 0.3) is 0 Å². The average Bonchev–Trinajstić information content (AvgIpc) is 2.61. The first-order chi connectivity index (χ1) is 12.0. The van der Waals surface area contributed by atoms with E-state index < -0.39 is 0 Å². The Balaban J connectivity index is 1.97. The van der Waals surface area contributed by atoms with Crippen LogP contribution in [0.4, 0.5) is 5.69 Å². The highest BCUT2D eigenvalue weighted by Gasteiger charge is 2.09. The number of nitrogens with one attached hydrogen (secondary N) is 2. The molecule has 0 aromatic heterocycles. The lowest BCUT2D eigenvalue weighted by molar-refractivity contribution is 0.0949. The van der Waals surface area contributed by atoms with Crippen LogP contribution in [0, 0.1) is 11.3 Å². The van der Waals surface area contributed by atoms with E-state index in [1.807, 2.05) is 25.1 Å². The molecule has 25 heavy (non-hydrogen) atoms. The second-order valence-electron chi connectivity index (χ2n) is 5.78. The van der Waals surface area contributed by atoms with Gasteiger partial charge in [-0.1, -0.05) is 6.07 Å². The van der Waals surface area contributed by atoms with Gasteiger partial charge < -0.3 is 15.5 Å². The maximum atomic E-state index is 12.2. The Morgan fingerprint density at radius 1 is 1.04 bits per heavy atom. The Bertz CT molecular complexity index is 792. The summed E-state index contributed by atoms with van der Waals surface area (Å²) in [6, 6.07) is 15.1. The van der Waals surface area contributed by atoms with E-state index in [4.69, 9.17) is 5.26 Å². The molecule has 128 valence electrons. The third-order valence-corrected chi connectivity index (χ3v) is 3.50. The van der Waals surface area contributed by atoms with E-state index in [-0.39, 0.29) is 11.8 Å². The van der Waals surface area contributed by atoms with Gasteiger partial charge in [0.15, 0.2) is 0 Å². The fourth-order valence-electron chi connectivity index (χ4n) is 2.14. The van der Waals surface area contributed by atoms with Crippen molar-refractivity contribution in [2.24, 2.45) is 0 Å². The molecule has 0 saturated carbocycles. The van der Waals surface area contributed by atoms with E-state index in [0.717, 1.165) is 6.54 Å². The lowest BCUT2D eigenvalue weighted by Gasteiger charge is -2.10. The summed E-state index contributed by atoms with van der Waals surface area (Å²) in [5.41, 5.74) is 1.96. The maximum Gasteiger partial charge on any atom is 0.255 e. The fourth-order valence-corrected chi connectivity index (χ4v) is 2.14. The summed E-state index contributed by atoms with van der Waals surface area (Å²) in [4.78, 5) is 26.2. The minimum Gasteiger partial charge on any atom is -0.351 e. The molecule has 0 saturated heterocycles. The number of nitriles is 1. The SMILES string of the molecule is CN(C)CCNC(=O)c1ccc(C(=O)Nc2cccc(C#N)c2)cc1. The Morgan fingerprint density at radius 3 is 2.28 bits per heavy atom. The number of benzene rings is 2. The Morgan fingerprint density at radius 2 is 1.68 bits per heavy atom. The van der Waals surface area contributed by atoms with Gasteiger partial charge in [0.25, 0.3) is 11.8 Å². The van der Waals surface area contributed by atoms with E-state index >= 15 is 0 Å². The minimum absolute atomic E-state index is 0.171. The molecule has 0 atom stereocenters. The summed E-state index contributed by atoms with van der Waals surface area (Å²) in [6.07, 6.45) is 0. The highest BCUT2D eigenvalue weighted by molar-refractivity contribution is 6.05. The van der Waals surface area contributed by atoms with E-state index in [0.29, 0.717) is 28.9 Å². The molecule has 6 heteroatoms. The van der Waals surface area contributed by atoms with E-state index in [2.05, 4.69) is 10.6 Å². The predicted octanol–water partition coefficient (Wildman–Crippen LogP) is 2.10. The van der Waals surface area contributed by atoms with Crippen LogP contribution in [-0.2, 0) is 0 Å². The second kappa shape index (κ2) is 8.62. The smallest absolute Gasteiger partial charge is 0.255 e. The summed E-state index contributed by atoms with van der Waals surface area (Å²) in [5.74, 6) is -0.467. The zero-order chi connectivity index (χ0) is 18.2. The summed E-state index contributed by atoms with van der Waals surface area (Å²) >= 11 is 0. The maximum absolute atomic E-state index is 12.2. The van der Waals surface area contributed by atoms with Gasteiger partial charge >= 0.3 is 0 Å². The number of amides is 2. The summed E-state index contributed by atoms with van der Waals surface area (Å²) in [6.45, 7) is 1.32. The van der Waals surface area contributed by atoms with Gasteiger partial charge in [0.05, 0.1) is 11.6 Å². The van der Waals surface area contributed by atoms with Gasteiger partial charge in [-0.15, -0.1) is 0 Å². The molecule has 0 aliphatic heterocycles. The molecule has 2 rings (SSSR count). The van der Waals surface area contributed by atoms with Crippen LogP contribution < -0.4 is 10.6 Å². The number of rotatable bonds is 6. The van der Waals surface area contributed by atoms with Gasteiger partial charge in [0.2, 0.25) is 0 Å². The van der Waals surface area contributed by atoms with Crippen LogP contribution in [0.3, 0.4) is 0 Å². The molecule has 2 aromatic rings. The molecular weight excluding hydrogens is 316 g/mol. The monoisotopic (exact) mass is 336 g/mol. The van der Waals surface area contributed by atoms with Gasteiger partial charge in [-0.2, -0.15) is 5.26 Å². The molecule has 6 nitrogen and oxygen atoms in total. The van der Waals surface area contributed by atoms with Gasteiger partial charge in [-0.05, 0) is 56.6 Å². The van der Waals surface area contributed by atoms with Gasteiger partial charge in [-0.25, -0.2) is 0 Å². The molecule has 2 N–H and O–H groups in total. The molecule has 0 unspecified atom stereocenters. The lowest BCUT2D eigenvalue weighted by atomic mass is 10.1. The van der Waals surface area contributed by atoms with E-state index in [1.54, 1.807) is 48.5 Å². The summed E-state index contributed by atoms with van der Waals surface area (Å²) < 4.78 is 0. The summed E-state index contributed by atoms with van der Waals surface area (Å²) in [5, 5.41) is 14.4. The number of likely N-dealkylation sites (N-methyl/N-ethyl adjacent to an activating group) is 1. The van der Waals surface area contributed by atoms with Crippen molar-refractivity contribution in [1.29, 1.82) is 5.26 Å². The third-order valence-electron chi connectivity index (χ3n) is 3.50. The van der Waals surface area contributed by atoms with E-state index in [1.165, 1.54) is 0 Å². The van der Waals surface area contributed by atoms with Gasteiger partial charge in [-0.3, -0.25) is 9.59 Å². The zero-order valence-electron chi connectivity index (χ0n) is 14.2. The molecule has 0 radical (unpaired) electrons. The van der Waals surface area contributed by atoms with Crippen molar-refractivity contribution >= 4 is 17.5 Å². The van der Waals surface area contributed by atoms with Crippen LogP contribution in [0.1, 0.15) is 26.3 Å². The van der Waals surface area contributed by atoms with Crippen molar-refractivity contribution in [2.45, 2.75) is 0 Å². The quantitative estimate of drug-likeness (QED) is 0.846. The number of nitrogens with zero attached hydrogens (tertiary/aromatic N) is 2. The number of carbonyl (C=O) groups is 2. The molecule has 0 bridgehead atoms. The summed E-state index contributed by atoms with van der Waals surface area (Å²) in [7, 11) is 3.87. The third kappa shape index (κ3) is 5.44. The van der Waals surface area contributed by atoms with Crippen LogP contribution in [0.5, 0.6) is 0 Å². The highest BCUT2D eigenvalue weighted by atomic mass is 16.2. The Labute approximate surface area is 147 Å². The minimum atomic E-state index is -0.297. The predicted molar refractivity (Wildman–Crippen MR) is 96.4 cm³/mol. The first kappa shape index (κ1) is 18.2. The number of hydrogen-bond donors (Lipinski definition) is 2. The molecule has 0 fully saturated rings. The average molecular weight is 336 g/mol. The molecule has 0 aliphatic rings. The van der Waals surface area contributed by atoms with Gasteiger partial charge in [0.1, 0.15) is 0 Å².